The molecule has 0 fully saturated rings. The number of amides is 1. The Kier molecular flexibility index (Phi) is 6.88. The molecule has 0 saturated carbocycles. The quantitative estimate of drug-likeness (QED) is 0.491. The van der Waals surface area contributed by atoms with Crippen LogP contribution in [0, 0.1) is 5.82 Å². The summed E-state index contributed by atoms with van der Waals surface area (Å²) in [5.74, 6) is -1.32. The molecule has 3 rings (SSSR count). The molecule has 156 valence electrons. The van der Waals surface area contributed by atoms with Gasteiger partial charge in [0.05, 0.1) is 15.6 Å². The topological polar surface area (TPSA) is 66.5 Å². The number of sulfonamides is 1. The fraction of sp³-hybridized carbons (Fsp3) is 0.0500. The largest absolute Gasteiger partial charge is 0.324 e. The summed E-state index contributed by atoms with van der Waals surface area (Å²) in [6, 6.07) is 15.5. The summed E-state index contributed by atoms with van der Waals surface area (Å²) in [7, 11) is -4.12. The van der Waals surface area contributed by atoms with Gasteiger partial charge >= 0.3 is 0 Å². The molecule has 3 aromatic rings. The first-order valence-electron chi connectivity index (χ1n) is 8.45. The highest BCUT2D eigenvalue weighted by atomic mass is 35.5. The first-order chi connectivity index (χ1) is 14.2. The van der Waals surface area contributed by atoms with Crippen molar-refractivity contribution in [3.63, 3.8) is 0 Å². The molecule has 5 nitrogen and oxygen atoms in total. The maximum atomic E-state index is 13.3. The Labute approximate surface area is 188 Å². The van der Waals surface area contributed by atoms with Crippen molar-refractivity contribution in [2.45, 2.75) is 4.90 Å². The van der Waals surface area contributed by atoms with E-state index >= 15 is 0 Å². The van der Waals surface area contributed by atoms with E-state index in [1.807, 2.05) is 0 Å². The molecule has 30 heavy (non-hydrogen) atoms. The molecule has 1 amide bonds. The van der Waals surface area contributed by atoms with E-state index < -0.39 is 28.3 Å². The van der Waals surface area contributed by atoms with E-state index in [4.69, 9.17) is 34.8 Å². The molecule has 0 saturated heterocycles. The minimum absolute atomic E-state index is 0.0151. The number of halogens is 4. The smallest absolute Gasteiger partial charge is 0.264 e. The van der Waals surface area contributed by atoms with E-state index in [1.165, 1.54) is 42.5 Å². The minimum atomic E-state index is -4.12. The van der Waals surface area contributed by atoms with Crippen LogP contribution in [0.4, 0.5) is 15.8 Å². The SMILES string of the molecule is O=C(CN(c1cc(Cl)cc(Cl)c1)S(=O)(=O)c1ccccc1)Nc1ccc(F)c(Cl)c1. The van der Waals surface area contributed by atoms with Crippen LogP contribution in [0.3, 0.4) is 0 Å². The highest BCUT2D eigenvalue weighted by Gasteiger charge is 2.27. The van der Waals surface area contributed by atoms with Crippen LogP contribution in [0.15, 0.2) is 71.6 Å². The minimum Gasteiger partial charge on any atom is -0.324 e. The van der Waals surface area contributed by atoms with E-state index in [0.717, 1.165) is 10.4 Å². The summed E-state index contributed by atoms with van der Waals surface area (Å²) in [4.78, 5) is 12.6. The number of rotatable bonds is 6. The van der Waals surface area contributed by atoms with Crippen LogP contribution in [0.25, 0.3) is 0 Å². The lowest BCUT2D eigenvalue weighted by molar-refractivity contribution is -0.114. The lowest BCUT2D eigenvalue weighted by Gasteiger charge is -2.24. The van der Waals surface area contributed by atoms with Crippen molar-refractivity contribution < 1.29 is 17.6 Å². The van der Waals surface area contributed by atoms with Crippen molar-refractivity contribution in [3.8, 4) is 0 Å². The standard InChI is InChI=1S/C20H14Cl3FN2O3S/c21-13-8-14(22)10-16(9-13)26(30(28,29)17-4-2-1-3-5-17)12-20(27)25-15-6-7-19(24)18(23)11-15/h1-11H,12H2,(H,25,27). The number of carbonyl (C=O) groups is 1. The molecule has 1 N–H and O–H groups in total. The van der Waals surface area contributed by atoms with Gasteiger partial charge in [0.1, 0.15) is 12.4 Å². The van der Waals surface area contributed by atoms with Crippen LogP contribution < -0.4 is 9.62 Å². The maximum Gasteiger partial charge on any atom is 0.264 e. The monoisotopic (exact) mass is 486 g/mol. The summed E-state index contributed by atoms with van der Waals surface area (Å²) in [6.45, 7) is -0.580. The molecule has 0 aromatic heterocycles. The van der Waals surface area contributed by atoms with Crippen LogP contribution in [-0.4, -0.2) is 20.9 Å². The number of hydrogen-bond acceptors (Lipinski definition) is 3. The highest BCUT2D eigenvalue weighted by molar-refractivity contribution is 7.92. The summed E-state index contributed by atoms with van der Waals surface area (Å²) < 4.78 is 40.7. The van der Waals surface area contributed by atoms with Crippen molar-refractivity contribution in [1.82, 2.24) is 0 Å². The van der Waals surface area contributed by atoms with Gasteiger partial charge in [0.15, 0.2) is 0 Å². The summed E-state index contributed by atoms with van der Waals surface area (Å²) >= 11 is 17.8. The summed E-state index contributed by atoms with van der Waals surface area (Å²) in [6.07, 6.45) is 0. The average molecular weight is 488 g/mol. The number of carbonyl (C=O) groups excluding carboxylic acids is 1. The second-order valence-corrected chi connectivity index (χ2v) is 9.27. The average Bonchev–Trinajstić information content (AvgIpc) is 2.69. The van der Waals surface area contributed by atoms with Crippen molar-refractivity contribution in [1.29, 1.82) is 0 Å². The molecule has 0 radical (unpaired) electrons. The van der Waals surface area contributed by atoms with Crippen LogP contribution in [0.1, 0.15) is 0 Å². The third-order valence-electron chi connectivity index (χ3n) is 3.96. The lowest BCUT2D eigenvalue weighted by Crippen LogP contribution is -2.38. The van der Waals surface area contributed by atoms with Crippen molar-refractivity contribution >= 4 is 62.1 Å². The van der Waals surface area contributed by atoms with Gasteiger partial charge in [-0.15, -0.1) is 0 Å². The molecule has 10 heteroatoms. The Morgan fingerprint density at radius 2 is 1.57 bits per heavy atom. The Balaban J connectivity index is 1.97. The van der Waals surface area contributed by atoms with Gasteiger partial charge in [-0.3, -0.25) is 9.10 Å². The molecule has 0 aliphatic carbocycles. The Bertz CT molecular complexity index is 1170. The Hall–Kier alpha value is -2.32. The molecule has 0 aliphatic heterocycles. The normalized spacial score (nSPS) is 11.2. The lowest BCUT2D eigenvalue weighted by atomic mass is 10.3. The fourth-order valence-electron chi connectivity index (χ4n) is 2.62. The highest BCUT2D eigenvalue weighted by Crippen LogP contribution is 2.30. The summed E-state index contributed by atoms with van der Waals surface area (Å²) in [5.41, 5.74) is 0.330. The van der Waals surface area contributed by atoms with Crippen molar-refractivity contribution in [2.75, 3.05) is 16.2 Å². The van der Waals surface area contributed by atoms with Gasteiger partial charge in [0, 0.05) is 15.7 Å². The number of nitrogens with one attached hydrogen (secondary N) is 1. The van der Waals surface area contributed by atoms with Crippen molar-refractivity contribution in [3.05, 3.63) is 87.6 Å². The molecule has 3 aromatic carbocycles. The van der Waals surface area contributed by atoms with Crippen LogP contribution >= 0.6 is 34.8 Å². The second-order valence-electron chi connectivity index (χ2n) is 6.13. The van der Waals surface area contributed by atoms with Crippen molar-refractivity contribution in [2.24, 2.45) is 0 Å². The van der Waals surface area contributed by atoms with Gasteiger partial charge in [-0.1, -0.05) is 53.0 Å². The molecular weight excluding hydrogens is 474 g/mol. The van der Waals surface area contributed by atoms with Gasteiger partial charge in [0.25, 0.3) is 10.0 Å². The van der Waals surface area contributed by atoms with Gasteiger partial charge < -0.3 is 5.32 Å². The number of anilines is 2. The molecule has 0 spiro atoms. The number of nitrogens with zero attached hydrogens (tertiary/aromatic N) is 1. The van der Waals surface area contributed by atoms with Crippen LogP contribution in [-0.2, 0) is 14.8 Å². The maximum absolute atomic E-state index is 13.3. The second kappa shape index (κ2) is 9.22. The zero-order valence-corrected chi connectivity index (χ0v) is 18.2. The van der Waals surface area contributed by atoms with E-state index in [2.05, 4.69) is 5.32 Å². The van der Waals surface area contributed by atoms with Crippen LogP contribution in [0.2, 0.25) is 15.1 Å². The van der Waals surface area contributed by atoms with Crippen LogP contribution in [0.5, 0.6) is 0 Å². The number of benzene rings is 3. The molecule has 0 atom stereocenters. The Morgan fingerprint density at radius 3 is 2.17 bits per heavy atom. The summed E-state index contributed by atoms with van der Waals surface area (Å²) in [5, 5.41) is 2.73. The van der Waals surface area contributed by atoms with Gasteiger partial charge in [-0.2, -0.15) is 0 Å². The zero-order valence-electron chi connectivity index (χ0n) is 15.2. The van der Waals surface area contributed by atoms with E-state index in [-0.39, 0.29) is 31.3 Å². The molecule has 0 bridgehead atoms. The van der Waals surface area contributed by atoms with Gasteiger partial charge in [0.2, 0.25) is 5.91 Å². The van der Waals surface area contributed by atoms with E-state index in [0.29, 0.717) is 0 Å². The zero-order chi connectivity index (χ0) is 21.9. The predicted octanol–water partition coefficient (Wildman–Crippen LogP) is 5.62. The fourth-order valence-corrected chi connectivity index (χ4v) is 4.74. The first kappa shape index (κ1) is 22.4. The predicted molar refractivity (Wildman–Crippen MR) is 117 cm³/mol. The molecule has 0 heterocycles. The molecule has 0 unspecified atom stereocenters. The van der Waals surface area contributed by atoms with E-state index in [1.54, 1.807) is 18.2 Å². The Morgan fingerprint density at radius 1 is 0.933 bits per heavy atom. The number of hydrogen-bond donors (Lipinski definition) is 1. The third kappa shape index (κ3) is 5.23. The third-order valence-corrected chi connectivity index (χ3v) is 6.47. The first-order valence-corrected chi connectivity index (χ1v) is 11.0. The molecule has 0 aliphatic rings. The van der Waals surface area contributed by atoms with Gasteiger partial charge in [-0.25, -0.2) is 12.8 Å². The molecular formula is C20H14Cl3FN2O3S. The van der Waals surface area contributed by atoms with E-state index in [9.17, 15) is 17.6 Å². The van der Waals surface area contributed by atoms with Gasteiger partial charge in [-0.05, 0) is 48.5 Å².